The maximum Gasteiger partial charge on any atom is 0.275 e. The zero-order valence-electron chi connectivity index (χ0n) is 16.8. The molecule has 3 unspecified atom stereocenters. The van der Waals surface area contributed by atoms with Crippen molar-refractivity contribution >= 4 is 11.6 Å². The second kappa shape index (κ2) is 8.38. The lowest BCUT2D eigenvalue weighted by Gasteiger charge is -2.30. The van der Waals surface area contributed by atoms with Gasteiger partial charge in [-0.05, 0) is 42.9 Å². The largest absolute Gasteiger partial charge is 0.321 e. The van der Waals surface area contributed by atoms with Crippen molar-refractivity contribution in [3.8, 4) is 0 Å². The molecule has 3 N–H and O–H groups in total. The van der Waals surface area contributed by atoms with Crippen molar-refractivity contribution < 1.29 is 4.79 Å². The zero-order chi connectivity index (χ0) is 20.3. The van der Waals surface area contributed by atoms with Gasteiger partial charge < -0.3 is 5.32 Å². The summed E-state index contributed by atoms with van der Waals surface area (Å²) in [6, 6.07) is 20.1. The summed E-state index contributed by atoms with van der Waals surface area (Å²) in [7, 11) is 0. The summed E-state index contributed by atoms with van der Waals surface area (Å²) in [5, 5.41) is 12.0. The first-order valence-electron chi connectivity index (χ1n) is 10.6. The number of hydrazine groups is 1. The van der Waals surface area contributed by atoms with E-state index in [0.29, 0.717) is 24.2 Å². The Morgan fingerprint density at radius 3 is 2.63 bits per heavy atom. The molecule has 2 aliphatic rings. The van der Waals surface area contributed by atoms with Gasteiger partial charge in [-0.25, -0.2) is 4.68 Å². The second-order valence-electron chi connectivity index (χ2n) is 8.19. The summed E-state index contributed by atoms with van der Waals surface area (Å²) in [5.74, 6) is 0.656. The minimum absolute atomic E-state index is 0.151. The van der Waals surface area contributed by atoms with E-state index < -0.39 is 0 Å². The van der Waals surface area contributed by atoms with Gasteiger partial charge in [0.25, 0.3) is 5.91 Å². The normalized spacial score (nSPS) is 23.1. The molecule has 1 saturated carbocycles. The van der Waals surface area contributed by atoms with Crippen LogP contribution in [0.4, 0.5) is 5.69 Å². The minimum Gasteiger partial charge on any atom is -0.321 e. The molecule has 3 aromatic rings. The fourth-order valence-corrected chi connectivity index (χ4v) is 4.66. The van der Waals surface area contributed by atoms with Crippen LogP contribution in [0.5, 0.6) is 0 Å². The van der Waals surface area contributed by atoms with Crippen molar-refractivity contribution in [2.24, 2.45) is 5.92 Å². The molecule has 3 atom stereocenters. The molecule has 5 rings (SSSR count). The van der Waals surface area contributed by atoms with Gasteiger partial charge in [0.15, 0.2) is 5.69 Å². The molecule has 7 heteroatoms. The Balaban J connectivity index is 1.46. The van der Waals surface area contributed by atoms with Crippen molar-refractivity contribution in [1.82, 2.24) is 25.8 Å². The number of carbonyl (C=O) groups is 1. The fourth-order valence-electron chi connectivity index (χ4n) is 4.66. The summed E-state index contributed by atoms with van der Waals surface area (Å²) in [4.78, 5) is 13.3. The number of para-hydroxylation sites is 1. The molecule has 30 heavy (non-hydrogen) atoms. The Labute approximate surface area is 175 Å². The van der Waals surface area contributed by atoms with Crippen LogP contribution in [0.3, 0.4) is 0 Å². The predicted octanol–water partition coefficient (Wildman–Crippen LogP) is 2.94. The number of anilines is 1. The molecule has 0 spiro atoms. The third-order valence-corrected chi connectivity index (χ3v) is 6.20. The molecule has 1 aliphatic carbocycles. The molecule has 2 aromatic carbocycles. The van der Waals surface area contributed by atoms with Crippen molar-refractivity contribution in [1.29, 1.82) is 0 Å². The highest BCUT2D eigenvalue weighted by Gasteiger charge is 2.37. The number of fused-ring (bicyclic) bond motifs is 1. The molecular formula is C23H26N6O. The Hall–Kier alpha value is -3.03. The predicted molar refractivity (Wildman–Crippen MR) is 115 cm³/mol. The highest BCUT2D eigenvalue weighted by molar-refractivity contribution is 6.03. The molecule has 1 aromatic heterocycles. The van der Waals surface area contributed by atoms with E-state index in [9.17, 15) is 4.79 Å². The number of hydrogen-bond acceptors (Lipinski definition) is 5. The number of hydrogen-bond donors (Lipinski definition) is 3. The van der Waals surface area contributed by atoms with Crippen LogP contribution in [0.2, 0.25) is 0 Å². The van der Waals surface area contributed by atoms with Gasteiger partial charge in [-0.2, -0.15) is 0 Å². The summed E-state index contributed by atoms with van der Waals surface area (Å²) in [5.41, 5.74) is 9.90. The number of aromatic nitrogens is 3. The number of benzene rings is 2. The van der Waals surface area contributed by atoms with E-state index in [1.165, 1.54) is 0 Å². The molecule has 0 bridgehead atoms. The standard InChI is InChI=1S/C23H26N6O/c30-23(25-19-9-5-2-6-10-19)22-21(17-11-12-20-18(13-17)14-24-26-20)27-28-29(22)15-16-7-3-1-4-8-16/h1-10,17-18,20,24,26H,11-15H2,(H,25,30). The summed E-state index contributed by atoms with van der Waals surface area (Å²) >= 11 is 0. The van der Waals surface area contributed by atoms with Gasteiger partial charge in [-0.3, -0.25) is 15.6 Å². The van der Waals surface area contributed by atoms with Crippen molar-refractivity contribution in [3.63, 3.8) is 0 Å². The van der Waals surface area contributed by atoms with E-state index in [0.717, 1.165) is 42.8 Å². The second-order valence-corrected chi connectivity index (χ2v) is 8.19. The van der Waals surface area contributed by atoms with Crippen LogP contribution in [0, 0.1) is 5.92 Å². The lowest BCUT2D eigenvalue weighted by molar-refractivity contribution is 0.101. The molecule has 1 saturated heterocycles. The van der Waals surface area contributed by atoms with Crippen LogP contribution >= 0.6 is 0 Å². The number of nitrogens with zero attached hydrogens (tertiary/aromatic N) is 3. The Bertz CT molecular complexity index is 1000. The maximum atomic E-state index is 13.3. The summed E-state index contributed by atoms with van der Waals surface area (Å²) < 4.78 is 1.75. The van der Waals surface area contributed by atoms with Gasteiger partial charge in [-0.1, -0.05) is 53.7 Å². The first-order chi connectivity index (χ1) is 14.8. The molecule has 2 heterocycles. The number of amides is 1. The van der Waals surface area contributed by atoms with Crippen molar-refractivity contribution in [2.75, 3.05) is 11.9 Å². The van der Waals surface area contributed by atoms with Crippen LogP contribution in [-0.2, 0) is 6.54 Å². The quantitative estimate of drug-likeness (QED) is 0.611. The Kier molecular flexibility index (Phi) is 5.29. The van der Waals surface area contributed by atoms with Crippen LogP contribution in [-0.4, -0.2) is 33.5 Å². The van der Waals surface area contributed by atoms with Crippen molar-refractivity contribution in [3.05, 3.63) is 77.6 Å². The van der Waals surface area contributed by atoms with Crippen LogP contribution in [0.25, 0.3) is 0 Å². The monoisotopic (exact) mass is 402 g/mol. The molecule has 0 radical (unpaired) electrons. The molecule has 1 amide bonds. The van der Waals surface area contributed by atoms with Crippen LogP contribution in [0.1, 0.15) is 46.9 Å². The third-order valence-electron chi connectivity index (χ3n) is 6.20. The van der Waals surface area contributed by atoms with Gasteiger partial charge in [-0.15, -0.1) is 5.10 Å². The molecule has 7 nitrogen and oxygen atoms in total. The Morgan fingerprint density at radius 1 is 1.07 bits per heavy atom. The molecule has 1 aliphatic heterocycles. The van der Waals surface area contributed by atoms with Crippen LogP contribution in [0.15, 0.2) is 60.7 Å². The zero-order valence-corrected chi connectivity index (χ0v) is 16.8. The SMILES string of the molecule is O=C(Nc1ccccc1)c1c(C2CCC3NNCC3C2)nnn1Cc1ccccc1. The number of rotatable bonds is 5. The lowest BCUT2D eigenvalue weighted by atomic mass is 9.77. The van der Waals surface area contributed by atoms with E-state index in [4.69, 9.17) is 0 Å². The van der Waals surface area contributed by atoms with Gasteiger partial charge >= 0.3 is 0 Å². The van der Waals surface area contributed by atoms with E-state index in [-0.39, 0.29) is 11.8 Å². The average Bonchev–Trinajstić information content (AvgIpc) is 3.41. The lowest BCUT2D eigenvalue weighted by Crippen LogP contribution is -2.35. The topological polar surface area (TPSA) is 83.9 Å². The molecule has 2 fully saturated rings. The van der Waals surface area contributed by atoms with Gasteiger partial charge in [0.05, 0.1) is 12.2 Å². The first kappa shape index (κ1) is 19.0. The minimum atomic E-state index is -0.151. The van der Waals surface area contributed by atoms with Gasteiger partial charge in [0, 0.05) is 24.2 Å². The summed E-state index contributed by atoms with van der Waals surface area (Å²) in [6.07, 6.45) is 3.10. The van der Waals surface area contributed by atoms with Gasteiger partial charge in [0.2, 0.25) is 0 Å². The highest BCUT2D eigenvalue weighted by Crippen LogP contribution is 2.38. The van der Waals surface area contributed by atoms with Crippen LogP contribution < -0.4 is 16.2 Å². The number of carbonyl (C=O) groups excluding carboxylic acids is 1. The number of nitrogens with one attached hydrogen (secondary N) is 3. The van der Waals surface area contributed by atoms with E-state index in [1.807, 2.05) is 60.7 Å². The summed E-state index contributed by atoms with van der Waals surface area (Å²) in [6.45, 7) is 1.48. The van der Waals surface area contributed by atoms with E-state index in [2.05, 4.69) is 26.5 Å². The smallest absolute Gasteiger partial charge is 0.275 e. The van der Waals surface area contributed by atoms with Gasteiger partial charge in [0.1, 0.15) is 0 Å². The maximum absolute atomic E-state index is 13.3. The molecule has 154 valence electrons. The van der Waals surface area contributed by atoms with Crippen molar-refractivity contribution in [2.45, 2.75) is 37.8 Å². The Morgan fingerprint density at radius 2 is 1.83 bits per heavy atom. The average molecular weight is 403 g/mol. The van der Waals surface area contributed by atoms with E-state index in [1.54, 1.807) is 4.68 Å². The van der Waals surface area contributed by atoms with E-state index >= 15 is 0 Å². The first-order valence-corrected chi connectivity index (χ1v) is 10.6. The third kappa shape index (κ3) is 3.86. The highest BCUT2D eigenvalue weighted by atomic mass is 16.2. The fraction of sp³-hybridized carbons (Fsp3) is 0.348. The molecular weight excluding hydrogens is 376 g/mol.